The van der Waals surface area contributed by atoms with E-state index in [1.807, 2.05) is 48.5 Å². The smallest absolute Gasteiger partial charge is 0.416 e. The van der Waals surface area contributed by atoms with E-state index < -0.39 is 11.7 Å². The Morgan fingerprint density at radius 2 is 1.15 bits per heavy atom. The average molecular weight is 535 g/mol. The fourth-order valence-electron chi connectivity index (χ4n) is 5.96. The molecule has 0 atom stereocenters. The van der Waals surface area contributed by atoms with Gasteiger partial charge < -0.3 is 5.11 Å². The average Bonchev–Trinajstić information content (AvgIpc) is 2.92. The van der Waals surface area contributed by atoms with Crippen LogP contribution < -0.4 is 4.57 Å². The highest BCUT2D eigenvalue weighted by Gasteiger charge is 2.32. The molecule has 6 aromatic rings. The quantitative estimate of drug-likeness (QED) is 0.178. The van der Waals surface area contributed by atoms with Gasteiger partial charge in [-0.25, -0.2) is 0 Å². The number of rotatable bonds is 3. The number of nitrogens with zero attached hydrogens (tertiary/aromatic N) is 1. The molecule has 1 aromatic heterocycles. The summed E-state index contributed by atoms with van der Waals surface area (Å²) < 4.78 is 43.1. The maximum atomic E-state index is 13.7. The summed E-state index contributed by atoms with van der Waals surface area (Å²) in [5, 5.41) is 12.8. The van der Waals surface area contributed by atoms with E-state index in [4.69, 9.17) is 0 Å². The Labute approximate surface area is 230 Å². The highest BCUT2D eigenvalue weighted by molar-refractivity contribution is 6.08. The molecule has 6 rings (SSSR count). The molecule has 0 bridgehead atoms. The minimum atomic E-state index is -4.53. The number of hydrogen-bond acceptors (Lipinski definition) is 1. The minimum Gasteiger partial charge on any atom is -0.507 e. The van der Waals surface area contributed by atoms with Gasteiger partial charge in [0.2, 0.25) is 16.7 Å². The van der Waals surface area contributed by atoms with Crippen LogP contribution in [0.25, 0.3) is 49.7 Å². The second-order valence-electron chi connectivity index (χ2n) is 10.3. The predicted octanol–water partition coefficient (Wildman–Crippen LogP) is 9.25. The van der Waals surface area contributed by atoms with Crippen molar-refractivity contribution in [1.29, 1.82) is 0 Å². The molecule has 0 aliphatic rings. The number of aryl methyl sites for hydroxylation is 3. The van der Waals surface area contributed by atoms with Gasteiger partial charge in [0.1, 0.15) is 5.75 Å². The van der Waals surface area contributed by atoms with Crippen molar-refractivity contribution in [2.45, 2.75) is 26.9 Å². The summed E-state index contributed by atoms with van der Waals surface area (Å²) in [6.07, 6.45) is -4.53. The SMILES string of the molecule is Cc1cc(C)c(-c2c3ccccc3[n+](-c3ccccc3-c3cc(C(F)(F)F)ccc3O)c3ccccc23)c(C)c1. The van der Waals surface area contributed by atoms with E-state index in [-0.39, 0.29) is 11.3 Å². The summed E-state index contributed by atoms with van der Waals surface area (Å²) in [5.41, 5.74) is 8.17. The molecular weight excluding hydrogens is 507 g/mol. The Balaban J connectivity index is 1.75. The highest BCUT2D eigenvalue weighted by Crippen LogP contribution is 2.41. The largest absolute Gasteiger partial charge is 0.507 e. The van der Waals surface area contributed by atoms with Gasteiger partial charge in [-0.2, -0.15) is 17.7 Å². The van der Waals surface area contributed by atoms with Gasteiger partial charge in [0, 0.05) is 29.3 Å². The van der Waals surface area contributed by atoms with Crippen LogP contribution in [0.15, 0.2) is 103 Å². The third-order valence-corrected chi connectivity index (χ3v) is 7.51. The summed E-state index contributed by atoms with van der Waals surface area (Å²) in [6.45, 7) is 6.36. The zero-order valence-electron chi connectivity index (χ0n) is 22.3. The maximum absolute atomic E-state index is 13.7. The van der Waals surface area contributed by atoms with Crippen molar-refractivity contribution >= 4 is 21.8 Å². The van der Waals surface area contributed by atoms with Crippen molar-refractivity contribution in [1.82, 2.24) is 0 Å². The first kappa shape index (κ1) is 25.6. The van der Waals surface area contributed by atoms with Crippen molar-refractivity contribution in [2.24, 2.45) is 0 Å². The molecule has 5 aromatic carbocycles. The number of pyridine rings is 1. The van der Waals surface area contributed by atoms with Crippen molar-refractivity contribution in [3.05, 3.63) is 125 Å². The summed E-state index contributed by atoms with van der Waals surface area (Å²) in [6, 6.07) is 30.9. The van der Waals surface area contributed by atoms with E-state index in [0.717, 1.165) is 45.6 Å². The van der Waals surface area contributed by atoms with Crippen molar-refractivity contribution in [3.63, 3.8) is 0 Å². The van der Waals surface area contributed by atoms with E-state index in [2.05, 4.69) is 49.6 Å². The van der Waals surface area contributed by atoms with Crippen LogP contribution >= 0.6 is 0 Å². The standard InChI is InChI=1S/C35H26F3NO/c1-21-18-22(2)33(23(3)19-21)34-26-11-5-8-14-30(26)39(31-15-9-6-12-27(31)34)29-13-7-4-10-25(29)28-20-24(35(36,37)38)16-17-32(28)40/h4-20H,1-3H3/p+1. The first-order valence-corrected chi connectivity index (χ1v) is 13.1. The van der Waals surface area contributed by atoms with E-state index in [1.165, 1.54) is 22.3 Å². The van der Waals surface area contributed by atoms with Crippen LogP contribution in [0, 0.1) is 20.8 Å². The van der Waals surface area contributed by atoms with Gasteiger partial charge in [-0.15, -0.1) is 0 Å². The highest BCUT2D eigenvalue weighted by atomic mass is 19.4. The molecule has 0 saturated carbocycles. The number of alkyl halides is 3. The number of aromatic hydroxyl groups is 1. The number of hydrogen-bond donors (Lipinski definition) is 1. The molecule has 2 nitrogen and oxygen atoms in total. The van der Waals surface area contributed by atoms with Gasteiger partial charge in [-0.05, 0) is 73.9 Å². The molecule has 0 unspecified atom stereocenters. The van der Waals surface area contributed by atoms with Crippen LogP contribution in [0.4, 0.5) is 13.2 Å². The number of phenolic OH excluding ortho intramolecular Hbond substituents is 1. The van der Waals surface area contributed by atoms with Crippen LogP contribution in [0.1, 0.15) is 22.3 Å². The Kier molecular flexibility index (Phi) is 6.10. The molecule has 1 heterocycles. The molecule has 1 N–H and O–H groups in total. The fourth-order valence-corrected chi connectivity index (χ4v) is 5.96. The van der Waals surface area contributed by atoms with Crippen LogP contribution in [-0.4, -0.2) is 5.11 Å². The van der Waals surface area contributed by atoms with Crippen LogP contribution in [0.2, 0.25) is 0 Å². The van der Waals surface area contributed by atoms with Crippen molar-refractivity contribution in [3.8, 4) is 33.7 Å². The van der Waals surface area contributed by atoms with E-state index in [1.54, 1.807) is 12.1 Å². The lowest BCUT2D eigenvalue weighted by atomic mass is 9.88. The molecular formula is C35H27F3NO+. The van der Waals surface area contributed by atoms with Gasteiger partial charge in [0.05, 0.1) is 21.9 Å². The predicted molar refractivity (Wildman–Crippen MR) is 155 cm³/mol. The van der Waals surface area contributed by atoms with Gasteiger partial charge in [0.25, 0.3) is 0 Å². The molecule has 198 valence electrons. The van der Waals surface area contributed by atoms with Gasteiger partial charge in [-0.1, -0.05) is 54.1 Å². The number of benzene rings is 5. The molecule has 0 aliphatic carbocycles. The normalized spacial score (nSPS) is 11.8. The maximum Gasteiger partial charge on any atom is 0.416 e. The van der Waals surface area contributed by atoms with Crippen molar-refractivity contribution in [2.75, 3.05) is 0 Å². The Morgan fingerprint density at radius 3 is 1.75 bits per heavy atom. The zero-order valence-corrected chi connectivity index (χ0v) is 22.3. The monoisotopic (exact) mass is 534 g/mol. The first-order valence-electron chi connectivity index (χ1n) is 13.1. The third kappa shape index (κ3) is 4.19. The number of aromatic nitrogens is 1. The Bertz CT molecular complexity index is 1860. The Hall–Kier alpha value is -4.64. The lowest BCUT2D eigenvalue weighted by Gasteiger charge is -2.18. The number of halogens is 3. The topological polar surface area (TPSA) is 24.1 Å². The molecule has 0 fully saturated rings. The summed E-state index contributed by atoms with van der Waals surface area (Å²) in [7, 11) is 0. The first-order chi connectivity index (χ1) is 19.1. The summed E-state index contributed by atoms with van der Waals surface area (Å²) >= 11 is 0. The van der Waals surface area contributed by atoms with Crippen LogP contribution in [0.5, 0.6) is 5.75 Å². The minimum absolute atomic E-state index is 0.125. The molecule has 5 heteroatoms. The number of para-hydroxylation sites is 3. The summed E-state index contributed by atoms with van der Waals surface area (Å²) in [5.74, 6) is -0.211. The second-order valence-corrected chi connectivity index (χ2v) is 10.3. The lowest BCUT2D eigenvalue weighted by Crippen LogP contribution is -2.33. The lowest BCUT2D eigenvalue weighted by molar-refractivity contribution is -0.537. The molecule has 0 radical (unpaired) electrons. The van der Waals surface area contributed by atoms with Crippen molar-refractivity contribution < 1.29 is 22.8 Å². The van der Waals surface area contributed by atoms with Gasteiger partial charge >= 0.3 is 6.18 Å². The number of fused-ring (bicyclic) bond motifs is 2. The van der Waals surface area contributed by atoms with Gasteiger partial charge in [-0.3, -0.25) is 0 Å². The van der Waals surface area contributed by atoms with E-state index >= 15 is 0 Å². The molecule has 40 heavy (non-hydrogen) atoms. The number of phenols is 1. The molecule has 0 amide bonds. The second kappa shape index (κ2) is 9.53. The van der Waals surface area contributed by atoms with Gasteiger partial charge in [0.15, 0.2) is 0 Å². The fraction of sp³-hybridized carbons (Fsp3) is 0.114. The summed E-state index contributed by atoms with van der Waals surface area (Å²) in [4.78, 5) is 0. The van der Waals surface area contributed by atoms with Crippen LogP contribution in [0.3, 0.4) is 0 Å². The third-order valence-electron chi connectivity index (χ3n) is 7.51. The Morgan fingerprint density at radius 1 is 0.600 bits per heavy atom. The molecule has 0 aliphatic heterocycles. The molecule has 0 spiro atoms. The van der Waals surface area contributed by atoms with E-state index in [9.17, 15) is 18.3 Å². The van der Waals surface area contributed by atoms with Crippen LogP contribution in [-0.2, 0) is 6.18 Å². The zero-order chi connectivity index (χ0) is 28.2. The molecule has 0 saturated heterocycles. The van der Waals surface area contributed by atoms with E-state index in [0.29, 0.717) is 11.3 Å².